The highest BCUT2D eigenvalue weighted by molar-refractivity contribution is 6.09. The zero-order chi connectivity index (χ0) is 21.3. The third-order valence-corrected chi connectivity index (χ3v) is 4.68. The average Bonchev–Trinajstić information content (AvgIpc) is 3.01. The van der Waals surface area contributed by atoms with Crippen molar-refractivity contribution in [2.24, 2.45) is 10.7 Å². The lowest BCUT2D eigenvalue weighted by Gasteiger charge is -2.30. The van der Waals surface area contributed by atoms with Gasteiger partial charge >= 0.3 is 0 Å². The largest absolute Gasteiger partial charge is 0.483 e. The SMILES string of the molecule is C=CCC(CC=C)N1C(=O)C(c2ccccc2)(c2ccccc2)N=C1N.O=CO. The first-order valence-corrected chi connectivity index (χ1v) is 9.16. The molecule has 6 heteroatoms. The van der Waals surface area contributed by atoms with Gasteiger partial charge in [0.25, 0.3) is 12.4 Å². The molecular weight excluding hydrogens is 366 g/mol. The Labute approximate surface area is 170 Å². The van der Waals surface area contributed by atoms with E-state index in [2.05, 4.69) is 13.2 Å². The van der Waals surface area contributed by atoms with Gasteiger partial charge < -0.3 is 10.8 Å². The van der Waals surface area contributed by atoms with E-state index in [1.807, 2.05) is 60.7 Å². The van der Waals surface area contributed by atoms with Crippen LogP contribution in [0, 0.1) is 0 Å². The molecule has 150 valence electrons. The number of benzene rings is 2. The van der Waals surface area contributed by atoms with Crippen molar-refractivity contribution in [2.75, 3.05) is 0 Å². The Balaban J connectivity index is 0.000000941. The minimum atomic E-state index is -1.16. The number of nitrogens with two attached hydrogens (primary N) is 1. The monoisotopic (exact) mass is 391 g/mol. The summed E-state index contributed by atoms with van der Waals surface area (Å²) >= 11 is 0. The van der Waals surface area contributed by atoms with Crippen LogP contribution in [0.4, 0.5) is 0 Å². The van der Waals surface area contributed by atoms with Crippen LogP contribution in [0.5, 0.6) is 0 Å². The van der Waals surface area contributed by atoms with Gasteiger partial charge in [-0.05, 0) is 24.0 Å². The third-order valence-electron chi connectivity index (χ3n) is 4.68. The first-order valence-electron chi connectivity index (χ1n) is 9.16. The van der Waals surface area contributed by atoms with Gasteiger partial charge in [0.1, 0.15) is 0 Å². The first-order chi connectivity index (χ1) is 14.1. The van der Waals surface area contributed by atoms with Crippen LogP contribution in [0.3, 0.4) is 0 Å². The normalized spacial score (nSPS) is 14.6. The molecule has 0 bridgehead atoms. The van der Waals surface area contributed by atoms with Gasteiger partial charge in [-0.1, -0.05) is 72.8 Å². The molecule has 29 heavy (non-hydrogen) atoms. The molecule has 0 atom stereocenters. The van der Waals surface area contributed by atoms with E-state index < -0.39 is 5.54 Å². The number of nitrogens with zero attached hydrogens (tertiary/aromatic N) is 2. The van der Waals surface area contributed by atoms with Crippen LogP contribution in [-0.4, -0.2) is 34.4 Å². The van der Waals surface area contributed by atoms with Crippen molar-refractivity contribution in [3.63, 3.8) is 0 Å². The average molecular weight is 391 g/mol. The van der Waals surface area contributed by atoms with E-state index >= 15 is 0 Å². The summed E-state index contributed by atoms with van der Waals surface area (Å²) in [5.74, 6) is 0.0949. The molecule has 0 saturated carbocycles. The molecular formula is C23H25N3O3. The fraction of sp³-hybridized carbons (Fsp3) is 0.174. The lowest BCUT2D eigenvalue weighted by atomic mass is 9.82. The van der Waals surface area contributed by atoms with Gasteiger partial charge in [0, 0.05) is 6.04 Å². The highest BCUT2D eigenvalue weighted by Crippen LogP contribution is 2.40. The maximum absolute atomic E-state index is 13.7. The lowest BCUT2D eigenvalue weighted by Crippen LogP contribution is -2.48. The van der Waals surface area contributed by atoms with E-state index in [0.717, 1.165) is 11.1 Å². The van der Waals surface area contributed by atoms with Crippen molar-refractivity contribution in [2.45, 2.75) is 24.4 Å². The minimum absolute atomic E-state index is 0.138. The summed E-state index contributed by atoms with van der Waals surface area (Å²) in [5.41, 5.74) is 6.71. The molecule has 1 aliphatic heterocycles. The Morgan fingerprint density at radius 3 is 1.79 bits per heavy atom. The van der Waals surface area contributed by atoms with Crippen molar-refractivity contribution in [3.8, 4) is 0 Å². The van der Waals surface area contributed by atoms with E-state index in [9.17, 15) is 4.79 Å². The Morgan fingerprint density at radius 2 is 1.41 bits per heavy atom. The minimum Gasteiger partial charge on any atom is -0.483 e. The molecule has 1 heterocycles. The van der Waals surface area contributed by atoms with Gasteiger partial charge in [-0.3, -0.25) is 14.5 Å². The van der Waals surface area contributed by atoms with Crippen LogP contribution in [0.15, 0.2) is 91.0 Å². The second-order valence-corrected chi connectivity index (χ2v) is 6.40. The number of aliphatic imine (C=N–C) groups is 1. The number of carbonyl (C=O) groups is 2. The quantitative estimate of drug-likeness (QED) is 0.559. The van der Waals surface area contributed by atoms with Crippen LogP contribution in [0.25, 0.3) is 0 Å². The lowest BCUT2D eigenvalue weighted by molar-refractivity contribution is -0.131. The van der Waals surface area contributed by atoms with Gasteiger partial charge in [0.05, 0.1) is 0 Å². The maximum Gasteiger partial charge on any atom is 0.290 e. The van der Waals surface area contributed by atoms with E-state index in [-0.39, 0.29) is 24.4 Å². The summed E-state index contributed by atoms with van der Waals surface area (Å²) in [6.45, 7) is 7.36. The molecule has 3 rings (SSSR count). The van der Waals surface area contributed by atoms with Crippen LogP contribution < -0.4 is 5.73 Å². The molecule has 0 radical (unpaired) electrons. The molecule has 3 N–H and O–H groups in total. The zero-order valence-electron chi connectivity index (χ0n) is 16.1. The van der Waals surface area contributed by atoms with Crippen molar-refractivity contribution in [3.05, 3.63) is 97.1 Å². The van der Waals surface area contributed by atoms with E-state index in [1.165, 1.54) is 0 Å². The summed E-state index contributed by atoms with van der Waals surface area (Å²) in [4.78, 5) is 28.4. The number of carbonyl (C=O) groups excluding carboxylic acids is 1. The second kappa shape index (κ2) is 10.0. The van der Waals surface area contributed by atoms with E-state index in [1.54, 1.807) is 17.1 Å². The predicted octanol–water partition coefficient (Wildman–Crippen LogP) is 3.31. The molecule has 1 amide bonds. The summed E-state index contributed by atoms with van der Waals surface area (Å²) < 4.78 is 0. The van der Waals surface area contributed by atoms with Crippen molar-refractivity contribution >= 4 is 18.3 Å². The molecule has 0 spiro atoms. The number of amides is 1. The molecule has 0 saturated heterocycles. The zero-order valence-corrected chi connectivity index (χ0v) is 16.1. The van der Waals surface area contributed by atoms with Crippen molar-refractivity contribution in [1.29, 1.82) is 0 Å². The van der Waals surface area contributed by atoms with Gasteiger partial charge in [0.15, 0.2) is 11.5 Å². The van der Waals surface area contributed by atoms with E-state index in [4.69, 9.17) is 20.6 Å². The Hall–Kier alpha value is -3.67. The Morgan fingerprint density at radius 1 is 1.00 bits per heavy atom. The molecule has 2 aromatic rings. The van der Waals surface area contributed by atoms with Crippen molar-refractivity contribution in [1.82, 2.24) is 4.90 Å². The Bertz CT molecular complexity index is 829. The topological polar surface area (TPSA) is 96.0 Å². The fourth-order valence-corrected chi connectivity index (χ4v) is 3.50. The van der Waals surface area contributed by atoms with Gasteiger partial charge in [-0.15, -0.1) is 13.2 Å². The van der Waals surface area contributed by atoms with Gasteiger partial charge in [-0.2, -0.15) is 0 Å². The number of rotatable bonds is 7. The first kappa shape index (κ1) is 21.6. The van der Waals surface area contributed by atoms with E-state index in [0.29, 0.717) is 12.8 Å². The molecule has 1 aliphatic rings. The van der Waals surface area contributed by atoms with Crippen LogP contribution >= 0.6 is 0 Å². The Kier molecular flexibility index (Phi) is 7.48. The van der Waals surface area contributed by atoms with Crippen LogP contribution in [0.2, 0.25) is 0 Å². The molecule has 0 fully saturated rings. The molecule has 2 aromatic carbocycles. The molecule has 6 nitrogen and oxygen atoms in total. The second-order valence-electron chi connectivity index (χ2n) is 6.40. The summed E-state index contributed by atoms with van der Waals surface area (Å²) in [7, 11) is 0. The standard InChI is InChI=1S/C22H23N3O.CH2O2/c1-3-11-19(12-4-2)25-20(26)22(24-21(25)23,17-13-7-5-8-14-17)18-15-9-6-10-16-18;2-1-3/h3-10,13-16,19H,1-2,11-12H2,(H2,23,24);1H,(H,2,3). The highest BCUT2D eigenvalue weighted by atomic mass is 16.3. The summed E-state index contributed by atoms with van der Waals surface area (Å²) in [6.07, 6.45) is 4.82. The summed E-state index contributed by atoms with van der Waals surface area (Å²) in [5, 5.41) is 6.89. The number of guanidine groups is 1. The molecule has 0 unspecified atom stereocenters. The molecule has 0 aliphatic carbocycles. The highest BCUT2D eigenvalue weighted by Gasteiger charge is 2.51. The third kappa shape index (κ3) is 4.27. The fourth-order valence-electron chi connectivity index (χ4n) is 3.50. The predicted molar refractivity (Wildman–Crippen MR) is 114 cm³/mol. The maximum atomic E-state index is 13.7. The smallest absolute Gasteiger partial charge is 0.290 e. The molecule has 0 aromatic heterocycles. The number of hydrogen-bond acceptors (Lipinski definition) is 4. The number of carboxylic acid groups (broad SMARTS) is 1. The number of hydrogen-bond donors (Lipinski definition) is 2. The van der Waals surface area contributed by atoms with Gasteiger partial charge in [0.2, 0.25) is 0 Å². The van der Waals surface area contributed by atoms with Crippen molar-refractivity contribution < 1.29 is 14.7 Å². The van der Waals surface area contributed by atoms with Crippen LogP contribution in [0.1, 0.15) is 24.0 Å². The van der Waals surface area contributed by atoms with Crippen LogP contribution in [-0.2, 0) is 15.1 Å². The van der Waals surface area contributed by atoms with Gasteiger partial charge in [-0.25, -0.2) is 4.99 Å². The summed E-state index contributed by atoms with van der Waals surface area (Å²) in [6, 6.07) is 19.0.